The molecule has 0 saturated carbocycles. The minimum Gasteiger partial charge on any atom is -0.477 e. The Morgan fingerprint density at radius 3 is 2.62 bits per heavy atom. The van der Waals surface area contributed by atoms with Gasteiger partial charge in [-0.3, -0.25) is 14.5 Å². The summed E-state index contributed by atoms with van der Waals surface area (Å²) in [5.41, 5.74) is 4.16. The molecule has 3 rings (SSSR count). The fourth-order valence-corrected chi connectivity index (χ4v) is 6.04. The van der Waals surface area contributed by atoms with E-state index in [0.29, 0.717) is 10.7 Å². The SMILES string of the molecule is COCSC1=C(C(=O)O)N2C(=O)[C@@H](NC(=O)/C(=N\OC(OC(C)(C)C)C(=O)O)c3csc(N)n3)[C@H]2SC1. The fraction of sp³-hybridized carbons (Fsp3) is 0.500. The van der Waals surface area contributed by atoms with Crippen LogP contribution in [0.3, 0.4) is 0 Å². The summed E-state index contributed by atoms with van der Waals surface area (Å²) >= 11 is 3.46. The van der Waals surface area contributed by atoms with Gasteiger partial charge < -0.3 is 35.6 Å². The standard InChI is InChI=1S/C20H25N5O9S3/c1-20(2,3)33-18(17(30)31)34-24-10(8-5-36-19(21)22-8)13(26)23-11-14(27)25-12(16(28)29)9(37-7-32-4)6-35-15(11)25/h5,11,15,18H,6-7H2,1-4H3,(H2,21,22)(H,23,26)(H,28,29)(H,30,31)/b24-10-/t11-,15-,18?/m1/s1. The number of oxime groups is 1. The number of anilines is 1. The Balaban J connectivity index is 1.82. The third-order valence-electron chi connectivity index (χ3n) is 4.66. The van der Waals surface area contributed by atoms with Crippen molar-refractivity contribution in [2.24, 2.45) is 5.16 Å². The van der Waals surface area contributed by atoms with E-state index in [4.69, 9.17) is 20.0 Å². The third kappa shape index (κ3) is 6.72. The van der Waals surface area contributed by atoms with Crippen LogP contribution in [0.1, 0.15) is 26.5 Å². The normalized spacial score (nSPS) is 20.7. The highest BCUT2D eigenvalue weighted by atomic mass is 32.2. The zero-order valence-electron chi connectivity index (χ0n) is 20.1. The number of thioether (sulfide) groups is 2. The predicted molar refractivity (Wildman–Crippen MR) is 136 cm³/mol. The Bertz CT molecular complexity index is 1150. The minimum absolute atomic E-state index is 0.0100. The van der Waals surface area contributed by atoms with Crippen molar-refractivity contribution in [3.63, 3.8) is 0 Å². The Morgan fingerprint density at radius 1 is 1.38 bits per heavy atom. The Morgan fingerprint density at radius 2 is 2.08 bits per heavy atom. The predicted octanol–water partition coefficient (Wildman–Crippen LogP) is 0.705. The number of aromatic nitrogens is 1. The topological polar surface area (TPSA) is 203 Å². The number of methoxy groups -OCH3 is 1. The highest BCUT2D eigenvalue weighted by Crippen LogP contribution is 2.43. The van der Waals surface area contributed by atoms with Crippen molar-refractivity contribution in [3.8, 4) is 0 Å². The van der Waals surface area contributed by atoms with E-state index in [-0.39, 0.29) is 22.5 Å². The molecule has 17 heteroatoms. The van der Waals surface area contributed by atoms with Crippen molar-refractivity contribution in [3.05, 3.63) is 21.7 Å². The maximum absolute atomic E-state index is 13.1. The van der Waals surface area contributed by atoms with Crippen molar-refractivity contribution in [2.45, 2.75) is 44.1 Å². The van der Waals surface area contributed by atoms with Gasteiger partial charge in [-0.1, -0.05) is 16.9 Å². The zero-order valence-corrected chi connectivity index (χ0v) is 22.6. The lowest BCUT2D eigenvalue weighted by Gasteiger charge is -2.49. The summed E-state index contributed by atoms with van der Waals surface area (Å²) in [6, 6.07) is -1.07. The van der Waals surface area contributed by atoms with Gasteiger partial charge >= 0.3 is 18.2 Å². The number of hydrogen-bond acceptors (Lipinski definition) is 13. The number of rotatable bonds is 11. The van der Waals surface area contributed by atoms with Gasteiger partial charge in [0.2, 0.25) is 0 Å². The largest absolute Gasteiger partial charge is 0.477 e. The molecule has 0 bridgehead atoms. The van der Waals surface area contributed by atoms with Crippen LogP contribution in [-0.2, 0) is 33.5 Å². The second-order valence-corrected chi connectivity index (χ2v) is 11.5. The Hall–Kier alpha value is -2.86. The van der Waals surface area contributed by atoms with Crippen LogP contribution in [-0.4, -0.2) is 91.7 Å². The van der Waals surface area contributed by atoms with Crippen LogP contribution in [0.25, 0.3) is 0 Å². The number of β-lactam (4-membered cyclic amide) rings is 1. The molecule has 1 aromatic rings. The molecule has 2 aliphatic rings. The highest BCUT2D eigenvalue weighted by molar-refractivity contribution is 8.06. The number of nitrogens with one attached hydrogen (secondary N) is 1. The molecule has 0 aliphatic carbocycles. The van der Waals surface area contributed by atoms with E-state index in [9.17, 15) is 29.4 Å². The summed E-state index contributed by atoms with van der Waals surface area (Å²) in [6.45, 7) is 4.83. The number of carbonyl (C=O) groups is 4. The van der Waals surface area contributed by atoms with E-state index in [2.05, 4.69) is 15.5 Å². The average Bonchev–Trinajstić information content (AvgIpc) is 3.24. The van der Waals surface area contributed by atoms with Gasteiger partial charge in [0.1, 0.15) is 22.8 Å². The van der Waals surface area contributed by atoms with Crippen LogP contribution >= 0.6 is 34.9 Å². The molecular weight excluding hydrogens is 550 g/mol. The number of amides is 2. The number of fused-ring (bicyclic) bond motifs is 1. The Kier molecular flexibility index (Phi) is 9.06. The van der Waals surface area contributed by atoms with Crippen LogP contribution in [0.4, 0.5) is 5.13 Å². The minimum atomic E-state index is -1.83. The van der Waals surface area contributed by atoms with Gasteiger partial charge in [0.05, 0.1) is 11.5 Å². The van der Waals surface area contributed by atoms with E-state index < -0.39 is 52.8 Å². The maximum atomic E-state index is 13.1. The smallest absolute Gasteiger partial charge is 0.376 e. The van der Waals surface area contributed by atoms with Crippen LogP contribution in [0.2, 0.25) is 0 Å². The number of aliphatic carboxylic acids is 2. The molecule has 0 spiro atoms. The number of carboxylic acid groups (broad SMARTS) is 2. The van der Waals surface area contributed by atoms with Gasteiger partial charge in [-0.25, -0.2) is 14.6 Å². The lowest BCUT2D eigenvalue weighted by atomic mass is 10.0. The van der Waals surface area contributed by atoms with Gasteiger partial charge in [0.15, 0.2) is 10.8 Å². The average molecular weight is 576 g/mol. The van der Waals surface area contributed by atoms with E-state index in [0.717, 1.165) is 16.2 Å². The number of carboxylic acids is 2. The molecule has 1 unspecified atom stereocenters. The zero-order chi connectivity index (χ0) is 27.5. The summed E-state index contributed by atoms with van der Waals surface area (Å²) in [5, 5.41) is 26.1. The van der Waals surface area contributed by atoms with E-state index >= 15 is 0 Å². The van der Waals surface area contributed by atoms with Crippen molar-refractivity contribution in [1.82, 2.24) is 15.2 Å². The fourth-order valence-electron chi connectivity index (χ4n) is 3.18. The molecule has 2 aliphatic heterocycles. The second kappa shape index (κ2) is 11.7. The third-order valence-corrected chi connectivity index (χ3v) is 7.83. The molecule has 1 aromatic heterocycles. The van der Waals surface area contributed by atoms with Gasteiger partial charge in [0, 0.05) is 23.1 Å². The van der Waals surface area contributed by atoms with Crippen LogP contribution in [0.5, 0.6) is 0 Å². The summed E-state index contributed by atoms with van der Waals surface area (Å²) < 4.78 is 10.3. The number of thiazole rings is 1. The lowest BCUT2D eigenvalue weighted by Crippen LogP contribution is -2.71. The summed E-state index contributed by atoms with van der Waals surface area (Å²) in [4.78, 5) is 60.1. The highest BCUT2D eigenvalue weighted by Gasteiger charge is 2.54. The molecule has 3 heterocycles. The number of carbonyl (C=O) groups excluding carboxylic acids is 2. The lowest BCUT2D eigenvalue weighted by molar-refractivity contribution is -0.214. The summed E-state index contributed by atoms with van der Waals surface area (Å²) in [6.07, 6.45) is -1.83. The molecule has 0 aromatic carbocycles. The monoisotopic (exact) mass is 575 g/mol. The number of hydrogen-bond donors (Lipinski definition) is 4. The molecule has 1 saturated heterocycles. The second-order valence-electron chi connectivity index (χ2n) is 8.51. The van der Waals surface area contributed by atoms with Crippen LogP contribution in [0, 0.1) is 0 Å². The van der Waals surface area contributed by atoms with Gasteiger partial charge in [-0.05, 0) is 20.8 Å². The molecule has 37 heavy (non-hydrogen) atoms. The van der Waals surface area contributed by atoms with Crippen LogP contribution < -0.4 is 11.1 Å². The first-order chi connectivity index (χ1) is 17.3. The molecule has 1 fully saturated rings. The van der Waals surface area contributed by atoms with Crippen molar-refractivity contribution >= 4 is 69.5 Å². The van der Waals surface area contributed by atoms with Crippen molar-refractivity contribution in [2.75, 3.05) is 24.5 Å². The van der Waals surface area contributed by atoms with Gasteiger partial charge in [-0.15, -0.1) is 23.1 Å². The summed E-state index contributed by atoms with van der Waals surface area (Å²) in [7, 11) is 1.47. The number of ether oxygens (including phenoxy) is 2. The first kappa shape index (κ1) is 28.7. The first-order valence-electron chi connectivity index (χ1n) is 10.5. The van der Waals surface area contributed by atoms with E-state index in [1.54, 1.807) is 20.8 Å². The molecule has 202 valence electrons. The first-order valence-corrected chi connectivity index (χ1v) is 13.4. The van der Waals surface area contributed by atoms with Crippen molar-refractivity contribution < 1.29 is 43.7 Å². The van der Waals surface area contributed by atoms with E-state index in [1.165, 1.54) is 36.0 Å². The number of nitrogen functional groups attached to an aromatic ring is 1. The molecular formula is C20H25N5O9S3. The number of nitrogens with zero attached hydrogens (tertiary/aromatic N) is 3. The number of nitrogens with two attached hydrogens (primary N) is 1. The molecule has 2 amide bonds. The van der Waals surface area contributed by atoms with Gasteiger partial charge in [0.25, 0.3) is 11.8 Å². The Labute approximate surface area is 223 Å². The summed E-state index contributed by atoms with van der Waals surface area (Å²) in [5.74, 6) is -3.76. The molecule has 14 nitrogen and oxygen atoms in total. The quantitative estimate of drug-likeness (QED) is 0.124. The van der Waals surface area contributed by atoms with Crippen LogP contribution in [0.15, 0.2) is 21.1 Å². The van der Waals surface area contributed by atoms with Gasteiger partial charge in [-0.2, -0.15) is 0 Å². The molecule has 3 atom stereocenters. The maximum Gasteiger partial charge on any atom is 0.376 e. The van der Waals surface area contributed by atoms with E-state index in [1.807, 2.05) is 0 Å². The molecule has 0 radical (unpaired) electrons. The molecule has 5 N–H and O–H groups in total. The van der Waals surface area contributed by atoms with Crippen molar-refractivity contribution in [1.29, 1.82) is 0 Å².